The third-order valence-corrected chi connectivity index (χ3v) is 4.58. The van der Waals surface area contributed by atoms with Gasteiger partial charge in [0.05, 0.1) is 0 Å². The van der Waals surface area contributed by atoms with Gasteiger partial charge in [-0.1, -0.05) is 32.1 Å². The zero-order valence-electron chi connectivity index (χ0n) is 11.6. The van der Waals surface area contributed by atoms with Crippen LogP contribution in [0, 0.1) is 5.92 Å². The number of hydrogen-bond donors (Lipinski definition) is 1. The predicted molar refractivity (Wildman–Crippen MR) is 74.3 cm³/mol. The highest BCUT2D eigenvalue weighted by Crippen LogP contribution is 2.26. The molecule has 0 aromatic rings. The molecule has 2 aliphatic carbocycles. The van der Waals surface area contributed by atoms with E-state index in [1.165, 1.54) is 77.4 Å². The summed E-state index contributed by atoms with van der Waals surface area (Å²) in [5, 5.41) is 3.76. The van der Waals surface area contributed by atoms with E-state index < -0.39 is 0 Å². The van der Waals surface area contributed by atoms with Crippen LogP contribution in [0.4, 0.5) is 0 Å². The number of nitrogens with one attached hydrogen (secondary N) is 1. The average Bonchev–Trinajstić information content (AvgIpc) is 2.52. The van der Waals surface area contributed by atoms with Crippen LogP contribution >= 0.6 is 0 Å². The second-order valence-electron chi connectivity index (χ2n) is 6.20. The number of rotatable bonds is 6. The van der Waals surface area contributed by atoms with Crippen molar-refractivity contribution in [3.05, 3.63) is 0 Å². The van der Waals surface area contributed by atoms with Gasteiger partial charge in [-0.25, -0.2) is 0 Å². The normalized spacial score (nSPS) is 23.6. The summed E-state index contributed by atoms with van der Waals surface area (Å²) in [5.74, 6) is 1.01. The first-order valence-corrected chi connectivity index (χ1v) is 7.76. The molecule has 2 fully saturated rings. The fourth-order valence-corrected chi connectivity index (χ4v) is 3.15. The summed E-state index contributed by atoms with van der Waals surface area (Å²) >= 11 is 0. The lowest BCUT2D eigenvalue weighted by Crippen LogP contribution is -2.38. The standard InChI is InChI=1S/C15H30N2/c1-17(13-14-7-6-8-14)12-11-16-15-9-4-2-3-5-10-15/h14-16H,2-13H2,1H3. The molecule has 0 bridgehead atoms. The van der Waals surface area contributed by atoms with Crippen molar-refractivity contribution < 1.29 is 0 Å². The van der Waals surface area contributed by atoms with Crippen molar-refractivity contribution in [3.63, 3.8) is 0 Å². The molecule has 0 saturated heterocycles. The number of hydrogen-bond acceptors (Lipinski definition) is 2. The Morgan fingerprint density at radius 2 is 1.65 bits per heavy atom. The van der Waals surface area contributed by atoms with E-state index >= 15 is 0 Å². The molecule has 2 rings (SSSR count). The summed E-state index contributed by atoms with van der Waals surface area (Å²) in [6, 6.07) is 0.814. The molecular weight excluding hydrogens is 208 g/mol. The highest BCUT2D eigenvalue weighted by atomic mass is 15.1. The van der Waals surface area contributed by atoms with Crippen LogP contribution in [0.1, 0.15) is 57.8 Å². The molecule has 1 N–H and O–H groups in total. The van der Waals surface area contributed by atoms with Gasteiger partial charge >= 0.3 is 0 Å². The van der Waals surface area contributed by atoms with Gasteiger partial charge in [-0.05, 0) is 38.6 Å². The number of likely N-dealkylation sites (N-methyl/N-ethyl adjacent to an activating group) is 1. The first-order chi connectivity index (χ1) is 8.34. The maximum absolute atomic E-state index is 3.76. The van der Waals surface area contributed by atoms with Crippen LogP contribution < -0.4 is 5.32 Å². The highest BCUT2D eigenvalue weighted by Gasteiger charge is 2.18. The molecule has 0 unspecified atom stereocenters. The topological polar surface area (TPSA) is 15.3 Å². The fraction of sp³-hybridized carbons (Fsp3) is 1.00. The van der Waals surface area contributed by atoms with Crippen LogP contribution in [-0.4, -0.2) is 37.6 Å². The van der Waals surface area contributed by atoms with Gasteiger partial charge in [0, 0.05) is 25.7 Å². The lowest BCUT2D eigenvalue weighted by Gasteiger charge is -2.30. The predicted octanol–water partition coefficient (Wildman–Crippen LogP) is 3.03. The summed E-state index contributed by atoms with van der Waals surface area (Å²) in [4.78, 5) is 2.52. The lowest BCUT2D eigenvalue weighted by molar-refractivity contribution is 0.204. The van der Waals surface area contributed by atoms with E-state index in [1.54, 1.807) is 0 Å². The van der Waals surface area contributed by atoms with Crippen molar-refractivity contribution in [2.45, 2.75) is 63.8 Å². The van der Waals surface area contributed by atoms with Gasteiger partial charge in [-0.2, -0.15) is 0 Å². The van der Waals surface area contributed by atoms with E-state index in [9.17, 15) is 0 Å². The molecule has 0 aromatic carbocycles. The highest BCUT2D eigenvalue weighted by molar-refractivity contribution is 4.74. The molecule has 0 aromatic heterocycles. The second-order valence-corrected chi connectivity index (χ2v) is 6.20. The third-order valence-electron chi connectivity index (χ3n) is 4.58. The SMILES string of the molecule is CN(CCNC1CCCCCC1)CC1CCC1. The smallest absolute Gasteiger partial charge is 0.0104 e. The van der Waals surface area contributed by atoms with E-state index in [1.807, 2.05) is 0 Å². The molecule has 0 radical (unpaired) electrons. The molecule has 2 saturated carbocycles. The number of nitrogens with zero attached hydrogens (tertiary/aromatic N) is 1. The maximum atomic E-state index is 3.76. The third kappa shape index (κ3) is 4.97. The van der Waals surface area contributed by atoms with Gasteiger partial charge in [0.15, 0.2) is 0 Å². The van der Waals surface area contributed by atoms with E-state index in [0.717, 1.165) is 12.0 Å². The molecular formula is C15H30N2. The minimum Gasteiger partial charge on any atom is -0.313 e. The molecule has 0 amide bonds. The van der Waals surface area contributed by atoms with Gasteiger partial charge in [0.2, 0.25) is 0 Å². The van der Waals surface area contributed by atoms with Crippen molar-refractivity contribution in [1.82, 2.24) is 10.2 Å². The molecule has 0 atom stereocenters. The molecule has 0 aliphatic heterocycles. The zero-order chi connectivity index (χ0) is 11.9. The minimum atomic E-state index is 0.814. The molecule has 2 aliphatic rings. The van der Waals surface area contributed by atoms with Crippen LogP contribution in [0.3, 0.4) is 0 Å². The van der Waals surface area contributed by atoms with Crippen LogP contribution in [0.5, 0.6) is 0 Å². The molecule has 100 valence electrons. The average molecular weight is 238 g/mol. The Labute approximate surface area is 107 Å². The maximum Gasteiger partial charge on any atom is 0.0104 e. The van der Waals surface area contributed by atoms with Gasteiger partial charge in [0.25, 0.3) is 0 Å². The van der Waals surface area contributed by atoms with Crippen LogP contribution in [-0.2, 0) is 0 Å². The van der Waals surface area contributed by atoms with Crippen molar-refractivity contribution >= 4 is 0 Å². The fourth-order valence-electron chi connectivity index (χ4n) is 3.15. The Hall–Kier alpha value is -0.0800. The monoisotopic (exact) mass is 238 g/mol. The van der Waals surface area contributed by atoms with Crippen molar-refractivity contribution in [2.75, 3.05) is 26.7 Å². The molecule has 2 nitrogen and oxygen atoms in total. The van der Waals surface area contributed by atoms with Crippen LogP contribution in [0.15, 0.2) is 0 Å². The molecule has 0 spiro atoms. The summed E-state index contributed by atoms with van der Waals surface area (Å²) in [5.41, 5.74) is 0. The Balaban J connectivity index is 1.51. The molecule has 17 heavy (non-hydrogen) atoms. The van der Waals surface area contributed by atoms with E-state index in [4.69, 9.17) is 0 Å². The first-order valence-electron chi connectivity index (χ1n) is 7.76. The quantitative estimate of drug-likeness (QED) is 0.716. The first kappa shape index (κ1) is 13.4. The van der Waals surface area contributed by atoms with Crippen LogP contribution in [0.25, 0.3) is 0 Å². The van der Waals surface area contributed by atoms with E-state index in [-0.39, 0.29) is 0 Å². The van der Waals surface area contributed by atoms with Gasteiger partial charge in [0.1, 0.15) is 0 Å². The summed E-state index contributed by atoms with van der Waals surface area (Å²) in [7, 11) is 2.28. The van der Waals surface area contributed by atoms with Crippen LogP contribution in [0.2, 0.25) is 0 Å². The van der Waals surface area contributed by atoms with Gasteiger partial charge in [-0.15, -0.1) is 0 Å². The van der Waals surface area contributed by atoms with Gasteiger partial charge in [-0.3, -0.25) is 0 Å². The summed E-state index contributed by atoms with van der Waals surface area (Å²) in [6.07, 6.45) is 13.0. The zero-order valence-corrected chi connectivity index (χ0v) is 11.6. The Morgan fingerprint density at radius 3 is 2.24 bits per heavy atom. The Morgan fingerprint density at radius 1 is 0.941 bits per heavy atom. The molecule has 2 heteroatoms. The largest absolute Gasteiger partial charge is 0.313 e. The Bertz CT molecular complexity index is 193. The van der Waals surface area contributed by atoms with E-state index in [0.29, 0.717) is 0 Å². The summed E-state index contributed by atoms with van der Waals surface area (Å²) in [6.45, 7) is 3.74. The van der Waals surface area contributed by atoms with E-state index in [2.05, 4.69) is 17.3 Å². The second kappa shape index (κ2) is 7.38. The lowest BCUT2D eigenvalue weighted by atomic mass is 9.85. The summed E-state index contributed by atoms with van der Waals surface area (Å²) < 4.78 is 0. The minimum absolute atomic E-state index is 0.814. The van der Waals surface area contributed by atoms with Gasteiger partial charge < -0.3 is 10.2 Å². The van der Waals surface area contributed by atoms with Crippen molar-refractivity contribution in [3.8, 4) is 0 Å². The Kier molecular flexibility index (Phi) is 5.79. The van der Waals surface area contributed by atoms with Crippen molar-refractivity contribution in [1.29, 1.82) is 0 Å². The molecule has 0 heterocycles. The van der Waals surface area contributed by atoms with Crippen molar-refractivity contribution in [2.24, 2.45) is 5.92 Å².